The summed E-state index contributed by atoms with van der Waals surface area (Å²) in [5.41, 5.74) is 0.540. The van der Waals surface area contributed by atoms with Gasteiger partial charge in [0.25, 0.3) is 0 Å². The number of aliphatic imine (C=N–C) groups is 1. The molecule has 1 aromatic rings. The van der Waals surface area contributed by atoms with Crippen molar-refractivity contribution in [2.24, 2.45) is 4.99 Å². The molecule has 2 N–H and O–H groups in total. The lowest BCUT2D eigenvalue weighted by Crippen LogP contribution is -2.44. The summed E-state index contributed by atoms with van der Waals surface area (Å²) in [6, 6.07) is 2.71. The number of halogens is 1. The number of ether oxygens (including phenoxy) is 1. The van der Waals surface area contributed by atoms with Gasteiger partial charge < -0.3 is 20.3 Å². The van der Waals surface area contributed by atoms with Crippen molar-refractivity contribution >= 4 is 36.0 Å². The first kappa shape index (κ1) is 23.8. The predicted octanol–water partition coefficient (Wildman–Crippen LogP) is 3.29. The van der Waals surface area contributed by atoms with Gasteiger partial charge in [-0.3, -0.25) is 9.67 Å². The summed E-state index contributed by atoms with van der Waals surface area (Å²) in [7, 11) is 1.79. The minimum Gasteiger partial charge on any atom is -0.444 e. The summed E-state index contributed by atoms with van der Waals surface area (Å²) >= 11 is 0. The topological polar surface area (TPSA) is 83.8 Å². The molecule has 3 rings (SSSR count). The van der Waals surface area contributed by atoms with E-state index in [9.17, 15) is 4.79 Å². The van der Waals surface area contributed by atoms with Gasteiger partial charge in [-0.05, 0) is 46.1 Å². The molecule has 164 valence electrons. The lowest BCUT2D eigenvalue weighted by molar-refractivity contribution is 0.0507. The van der Waals surface area contributed by atoms with Crippen molar-refractivity contribution in [2.45, 2.75) is 77.1 Å². The maximum atomic E-state index is 12.0. The number of alkyl carbamates (subject to hydrolysis) is 1. The van der Waals surface area contributed by atoms with Gasteiger partial charge in [-0.25, -0.2) is 4.79 Å². The van der Waals surface area contributed by atoms with E-state index in [-0.39, 0.29) is 36.1 Å². The van der Waals surface area contributed by atoms with Crippen LogP contribution in [-0.4, -0.2) is 58.5 Å². The van der Waals surface area contributed by atoms with E-state index < -0.39 is 5.60 Å². The number of rotatable bonds is 4. The fourth-order valence-corrected chi connectivity index (χ4v) is 3.89. The third-order valence-electron chi connectivity index (χ3n) is 5.21. The number of amides is 1. The van der Waals surface area contributed by atoms with Crippen LogP contribution in [0, 0.1) is 0 Å². The first-order chi connectivity index (χ1) is 13.3. The molecule has 1 aliphatic heterocycles. The first-order valence-corrected chi connectivity index (χ1v) is 10.3. The van der Waals surface area contributed by atoms with E-state index in [1.54, 1.807) is 7.05 Å². The second-order valence-electron chi connectivity index (χ2n) is 8.70. The number of carbonyl (C=O) groups excluding carboxylic acids is 1. The van der Waals surface area contributed by atoms with Crippen LogP contribution < -0.4 is 10.6 Å². The third kappa shape index (κ3) is 7.04. The summed E-state index contributed by atoms with van der Waals surface area (Å²) in [4.78, 5) is 18.5. The summed E-state index contributed by atoms with van der Waals surface area (Å²) in [5.74, 6) is 0.837. The van der Waals surface area contributed by atoms with Crippen LogP contribution in [-0.2, 0) is 11.3 Å². The molecule has 0 aromatic carbocycles. The van der Waals surface area contributed by atoms with E-state index in [4.69, 9.17) is 9.84 Å². The SMILES string of the molecule is CN=C(NCc1ccn(C2CCCC2)n1)N1CC[C@@H](NC(=O)OC(C)(C)C)C1.I. The van der Waals surface area contributed by atoms with E-state index in [0.29, 0.717) is 12.6 Å². The minimum absolute atomic E-state index is 0. The minimum atomic E-state index is -0.484. The quantitative estimate of drug-likeness (QED) is 0.363. The average Bonchev–Trinajstić information content (AvgIpc) is 3.35. The molecule has 1 aromatic heterocycles. The molecule has 9 heteroatoms. The van der Waals surface area contributed by atoms with Crippen molar-refractivity contribution in [3.8, 4) is 0 Å². The molecule has 1 saturated carbocycles. The lowest BCUT2D eigenvalue weighted by Gasteiger charge is -2.23. The highest BCUT2D eigenvalue weighted by Crippen LogP contribution is 2.28. The molecule has 8 nitrogen and oxygen atoms in total. The molecule has 1 amide bonds. The van der Waals surface area contributed by atoms with Gasteiger partial charge in [0.15, 0.2) is 5.96 Å². The zero-order chi connectivity index (χ0) is 20.1. The summed E-state index contributed by atoms with van der Waals surface area (Å²) in [6.07, 6.45) is 7.67. The standard InChI is InChI=1S/C20H34N6O2.HI/c1-20(2,3)28-19(27)23-16-9-11-25(14-16)18(21-4)22-13-15-10-12-26(24-15)17-7-5-6-8-17;/h10,12,16-17H,5-9,11,13-14H2,1-4H3,(H,21,22)(H,23,27);1H/t16-;/m1./s1. The van der Waals surface area contributed by atoms with Gasteiger partial charge in [-0.15, -0.1) is 24.0 Å². The van der Waals surface area contributed by atoms with Gasteiger partial charge in [0.05, 0.1) is 24.3 Å². The van der Waals surface area contributed by atoms with Crippen LogP contribution >= 0.6 is 24.0 Å². The third-order valence-corrected chi connectivity index (χ3v) is 5.21. The Morgan fingerprint density at radius 2 is 2.03 bits per heavy atom. The molecular weight excluding hydrogens is 483 g/mol. The van der Waals surface area contributed by atoms with Crippen molar-refractivity contribution in [1.82, 2.24) is 25.3 Å². The molecule has 2 aliphatic rings. The molecule has 0 spiro atoms. The summed E-state index contributed by atoms with van der Waals surface area (Å²) in [5, 5.41) is 11.1. The summed E-state index contributed by atoms with van der Waals surface area (Å²) < 4.78 is 7.46. The van der Waals surface area contributed by atoms with Crippen molar-refractivity contribution in [1.29, 1.82) is 0 Å². The Hall–Kier alpha value is -1.52. The molecule has 0 unspecified atom stereocenters. The normalized spacial score (nSPS) is 20.5. The van der Waals surface area contributed by atoms with Gasteiger partial charge in [0, 0.05) is 26.3 Å². The molecule has 1 atom stereocenters. The number of aromatic nitrogens is 2. The van der Waals surface area contributed by atoms with Gasteiger partial charge in [0.2, 0.25) is 0 Å². The van der Waals surface area contributed by atoms with Crippen molar-refractivity contribution in [2.75, 3.05) is 20.1 Å². The van der Waals surface area contributed by atoms with E-state index in [0.717, 1.165) is 31.2 Å². The maximum Gasteiger partial charge on any atom is 0.407 e. The second kappa shape index (κ2) is 10.5. The summed E-state index contributed by atoms with van der Waals surface area (Å²) in [6.45, 7) is 7.81. The zero-order valence-corrected chi connectivity index (χ0v) is 20.3. The molecule has 29 heavy (non-hydrogen) atoms. The highest BCUT2D eigenvalue weighted by molar-refractivity contribution is 14.0. The molecule has 2 heterocycles. The van der Waals surface area contributed by atoms with E-state index in [1.165, 1.54) is 25.7 Å². The Kier molecular flexibility index (Phi) is 8.59. The highest BCUT2D eigenvalue weighted by atomic mass is 127. The Morgan fingerprint density at radius 1 is 1.31 bits per heavy atom. The van der Waals surface area contributed by atoms with Crippen LogP contribution in [0.25, 0.3) is 0 Å². The fourth-order valence-electron chi connectivity index (χ4n) is 3.89. The molecule has 0 bridgehead atoms. The van der Waals surface area contributed by atoms with Crippen LogP contribution in [0.5, 0.6) is 0 Å². The van der Waals surface area contributed by atoms with Gasteiger partial charge >= 0.3 is 6.09 Å². The van der Waals surface area contributed by atoms with Crippen LogP contribution in [0.2, 0.25) is 0 Å². The number of nitrogens with zero attached hydrogens (tertiary/aromatic N) is 4. The number of carbonyl (C=O) groups is 1. The van der Waals surface area contributed by atoms with Crippen molar-refractivity contribution < 1.29 is 9.53 Å². The van der Waals surface area contributed by atoms with Crippen molar-refractivity contribution in [3.63, 3.8) is 0 Å². The average molecular weight is 518 g/mol. The van der Waals surface area contributed by atoms with Crippen LogP contribution in [0.1, 0.15) is 64.6 Å². The number of hydrogen-bond acceptors (Lipinski definition) is 4. The molecule has 1 aliphatic carbocycles. The molecule has 0 radical (unpaired) electrons. The van der Waals surface area contributed by atoms with Gasteiger partial charge in [-0.1, -0.05) is 12.8 Å². The van der Waals surface area contributed by atoms with Crippen molar-refractivity contribution in [3.05, 3.63) is 18.0 Å². The number of guanidine groups is 1. The lowest BCUT2D eigenvalue weighted by atomic mass is 10.2. The number of hydrogen-bond donors (Lipinski definition) is 2. The Balaban J connectivity index is 0.00000300. The highest BCUT2D eigenvalue weighted by Gasteiger charge is 2.28. The monoisotopic (exact) mass is 518 g/mol. The fraction of sp³-hybridized carbons (Fsp3) is 0.750. The zero-order valence-electron chi connectivity index (χ0n) is 18.0. The van der Waals surface area contributed by atoms with E-state index in [2.05, 4.69) is 37.5 Å². The van der Waals surface area contributed by atoms with Crippen LogP contribution in [0.4, 0.5) is 4.79 Å². The Labute approximate surface area is 190 Å². The maximum absolute atomic E-state index is 12.0. The van der Waals surface area contributed by atoms with Crippen LogP contribution in [0.3, 0.4) is 0 Å². The van der Waals surface area contributed by atoms with E-state index in [1.807, 2.05) is 20.8 Å². The Bertz CT molecular complexity index is 693. The first-order valence-electron chi connectivity index (χ1n) is 10.3. The number of likely N-dealkylation sites (tertiary alicyclic amines) is 1. The second-order valence-corrected chi connectivity index (χ2v) is 8.70. The Morgan fingerprint density at radius 3 is 2.69 bits per heavy atom. The molecular formula is C20H35IN6O2. The van der Waals surface area contributed by atoms with Gasteiger partial charge in [-0.2, -0.15) is 5.10 Å². The van der Waals surface area contributed by atoms with Crippen LogP contribution in [0.15, 0.2) is 17.3 Å². The molecule has 1 saturated heterocycles. The molecule has 2 fully saturated rings. The number of nitrogens with one attached hydrogen (secondary N) is 2. The predicted molar refractivity (Wildman–Crippen MR) is 125 cm³/mol. The smallest absolute Gasteiger partial charge is 0.407 e. The van der Waals surface area contributed by atoms with Gasteiger partial charge in [0.1, 0.15) is 5.60 Å². The van der Waals surface area contributed by atoms with E-state index >= 15 is 0 Å². The largest absolute Gasteiger partial charge is 0.444 e.